The van der Waals surface area contributed by atoms with Crippen LogP contribution in [0.25, 0.3) is 0 Å². The fourth-order valence-electron chi connectivity index (χ4n) is 1.86. The predicted molar refractivity (Wildman–Crippen MR) is 79.5 cm³/mol. The van der Waals surface area contributed by atoms with Crippen molar-refractivity contribution in [3.63, 3.8) is 0 Å². The molecule has 2 rings (SSSR count). The summed E-state index contributed by atoms with van der Waals surface area (Å²) in [6.07, 6.45) is 0.983. The van der Waals surface area contributed by atoms with Crippen LogP contribution in [0.3, 0.4) is 0 Å². The van der Waals surface area contributed by atoms with Gasteiger partial charge in [-0.2, -0.15) is 0 Å². The molecule has 100 valence electrons. The molecule has 0 spiro atoms. The SMILES string of the molecule is CCc1ccc(Sc2ccc(OC)cc2)cc1OC. The summed E-state index contributed by atoms with van der Waals surface area (Å²) >= 11 is 1.72. The van der Waals surface area contributed by atoms with Gasteiger partial charge in [-0.3, -0.25) is 0 Å². The fourth-order valence-corrected chi connectivity index (χ4v) is 2.71. The molecule has 0 aromatic heterocycles. The van der Waals surface area contributed by atoms with E-state index in [2.05, 4.69) is 37.3 Å². The zero-order valence-corrected chi connectivity index (χ0v) is 12.3. The average molecular weight is 274 g/mol. The normalized spacial score (nSPS) is 10.3. The number of methoxy groups -OCH3 is 2. The van der Waals surface area contributed by atoms with Gasteiger partial charge in [-0.25, -0.2) is 0 Å². The molecule has 3 heteroatoms. The summed E-state index contributed by atoms with van der Waals surface area (Å²) in [5.41, 5.74) is 1.24. The van der Waals surface area contributed by atoms with Crippen LogP contribution in [0.5, 0.6) is 11.5 Å². The molecule has 0 aliphatic rings. The van der Waals surface area contributed by atoms with Crippen molar-refractivity contribution in [2.45, 2.75) is 23.1 Å². The summed E-state index contributed by atoms with van der Waals surface area (Å²) in [6.45, 7) is 2.13. The van der Waals surface area contributed by atoms with Gasteiger partial charge >= 0.3 is 0 Å². The van der Waals surface area contributed by atoms with Gasteiger partial charge in [0.05, 0.1) is 14.2 Å². The van der Waals surface area contributed by atoms with Crippen molar-refractivity contribution >= 4 is 11.8 Å². The minimum absolute atomic E-state index is 0.878. The fraction of sp³-hybridized carbons (Fsp3) is 0.250. The van der Waals surface area contributed by atoms with Crippen molar-refractivity contribution in [1.29, 1.82) is 0 Å². The van der Waals surface area contributed by atoms with Crippen molar-refractivity contribution in [3.8, 4) is 11.5 Å². The molecule has 0 radical (unpaired) electrons. The summed E-state index contributed by atoms with van der Waals surface area (Å²) in [5, 5.41) is 0. The monoisotopic (exact) mass is 274 g/mol. The second kappa shape index (κ2) is 6.53. The second-order valence-electron chi connectivity index (χ2n) is 4.10. The molecule has 0 amide bonds. The highest BCUT2D eigenvalue weighted by Crippen LogP contribution is 2.32. The first kappa shape index (κ1) is 13.8. The number of hydrogen-bond donors (Lipinski definition) is 0. The number of aryl methyl sites for hydroxylation is 1. The van der Waals surface area contributed by atoms with Crippen LogP contribution in [0.15, 0.2) is 52.3 Å². The zero-order chi connectivity index (χ0) is 13.7. The van der Waals surface area contributed by atoms with Gasteiger partial charge in [0.25, 0.3) is 0 Å². The van der Waals surface area contributed by atoms with E-state index in [1.165, 1.54) is 15.4 Å². The Balaban J connectivity index is 2.18. The Morgan fingerprint density at radius 2 is 1.58 bits per heavy atom. The lowest BCUT2D eigenvalue weighted by Gasteiger charge is -2.09. The highest BCUT2D eigenvalue weighted by molar-refractivity contribution is 7.99. The molecule has 0 aliphatic carbocycles. The van der Waals surface area contributed by atoms with E-state index in [1.807, 2.05) is 12.1 Å². The highest BCUT2D eigenvalue weighted by atomic mass is 32.2. The number of rotatable bonds is 5. The average Bonchev–Trinajstić information content (AvgIpc) is 2.48. The molecule has 0 heterocycles. The maximum atomic E-state index is 5.42. The maximum absolute atomic E-state index is 5.42. The predicted octanol–water partition coefficient (Wildman–Crippen LogP) is 4.42. The van der Waals surface area contributed by atoms with Gasteiger partial charge in [0, 0.05) is 9.79 Å². The Bertz CT molecular complexity index is 535. The van der Waals surface area contributed by atoms with E-state index in [0.717, 1.165) is 17.9 Å². The van der Waals surface area contributed by atoms with Crippen molar-refractivity contribution in [2.24, 2.45) is 0 Å². The Morgan fingerprint density at radius 3 is 2.16 bits per heavy atom. The molecule has 0 saturated carbocycles. The van der Waals surface area contributed by atoms with E-state index in [1.54, 1.807) is 26.0 Å². The van der Waals surface area contributed by atoms with Gasteiger partial charge in [0.2, 0.25) is 0 Å². The van der Waals surface area contributed by atoms with E-state index in [-0.39, 0.29) is 0 Å². The van der Waals surface area contributed by atoms with Crippen LogP contribution in [0, 0.1) is 0 Å². The lowest BCUT2D eigenvalue weighted by Crippen LogP contribution is -1.90. The van der Waals surface area contributed by atoms with E-state index in [9.17, 15) is 0 Å². The van der Waals surface area contributed by atoms with Gasteiger partial charge < -0.3 is 9.47 Å². The Kier molecular flexibility index (Phi) is 4.74. The first-order valence-electron chi connectivity index (χ1n) is 6.25. The van der Waals surface area contributed by atoms with Crippen molar-refractivity contribution in [3.05, 3.63) is 48.0 Å². The largest absolute Gasteiger partial charge is 0.497 e. The molecular weight excluding hydrogens is 256 g/mol. The van der Waals surface area contributed by atoms with E-state index < -0.39 is 0 Å². The quantitative estimate of drug-likeness (QED) is 0.804. The minimum Gasteiger partial charge on any atom is -0.497 e. The standard InChI is InChI=1S/C16H18O2S/c1-4-12-5-8-15(11-16(12)18-3)19-14-9-6-13(17-2)7-10-14/h5-11H,4H2,1-3H3. The summed E-state index contributed by atoms with van der Waals surface area (Å²) in [7, 11) is 3.40. The van der Waals surface area contributed by atoms with Gasteiger partial charge in [0.1, 0.15) is 11.5 Å². The molecule has 19 heavy (non-hydrogen) atoms. The Morgan fingerprint density at radius 1 is 0.895 bits per heavy atom. The minimum atomic E-state index is 0.878. The van der Waals surface area contributed by atoms with Crippen LogP contribution in [0.4, 0.5) is 0 Å². The van der Waals surface area contributed by atoms with Crippen LogP contribution >= 0.6 is 11.8 Å². The zero-order valence-electron chi connectivity index (χ0n) is 11.5. The van der Waals surface area contributed by atoms with E-state index >= 15 is 0 Å². The molecule has 0 bridgehead atoms. The molecule has 0 unspecified atom stereocenters. The van der Waals surface area contributed by atoms with Gasteiger partial charge in [-0.15, -0.1) is 0 Å². The van der Waals surface area contributed by atoms with Crippen molar-refractivity contribution < 1.29 is 9.47 Å². The first-order chi connectivity index (χ1) is 9.26. The summed E-state index contributed by atoms with van der Waals surface area (Å²) in [5.74, 6) is 1.84. The third-order valence-corrected chi connectivity index (χ3v) is 3.93. The van der Waals surface area contributed by atoms with Crippen LogP contribution in [0.1, 0.15) is 12.5 Å². The maximum Gasteiger partial charge on any atom is 0.123 e. The number of ether oxygens (including phenoxy) is 2. The van der Waals surface area contributed by atoms with Gasteiger partial charge in [-0.1, -0.05) is 24.8 Å². The van der Waals surface area contributed by atoms with Crippen LogP contribution < -0.4 is 9.47 Å². The summed E-state index contributed by atoms with van der Waals surface area (Å²) < 4.78 is 10.6. The van der Waals surface area contributed by atoms with Gasteiger partial charge in [0.15, 0.2) is 0 Å². The molecule has 2 aromatic carbocycles. The van der Waals surface area contributed by atoms with Crippen molar-refractivity contribution in [2.75, 3.05) is 14.2 Å². The first-order valence-corrected chi connectivity index (χ1v) is 7.07. The third kappa shape index (κ3) is 3.44. The molecular formula is C16H18O2S. The number of benzene rings is 2. The molecule has 0 atom stereocenters. The number of hydrogen-bond acceptors (Lipinski definition) is 3. The molecule has 0 saturated heterocycles. The van der Waals surface area contributed by atoms with Gasteiger partial charge in [-0.05, 0) is 48.4 Å². The third-order valence-electron chi connectivity index (χ3n) is 2.93. The molecule has 0 aliphatic heterocycles. The Hall–Kier alpha value is -1.61. The van der Waals surface area contributed by atoms with E-state index in [0.29, 0.717) is 0 Å². The summed E-state index contributed by atoms with van der Waals surface area (Å²) in [4.78, 5) is 2.37. The highest BCUT2D eigenvalue weighted by Gasteiger charge is 2.04. The summed E-state index contributed by atoms with van der Waals surface area (Å²) in [6, 6.07) is 14.4. The van der Waals surface area contributed by atoms with E-state index in [4.69, 9.17) is 9.47 Å². The Labute approximate surface area is 118 Å². The smallest absolute Gasteiger partial charge is 0.123 e. The van der Waals surface area contributed by atoms with Crippen molar-refractivity contribution in [1.82, 2.24) is 0 Å². The van der Waals surface area contributed by atoms with Crippen LogP contribution in [-0.2, 0) is 6.42 Å². The van der Waals surface area contributed by atoms with Crippen LogP contribution in [0.2, 0.25) is 0 Å². The topological polar surface area (TPSA) is 18.5 Å². The molecule has 0 fully saturated rings. The molecule has 0 N–H and O–H groups in total. The lowest BCUT2D eigenvalue weighted by atomic mass is 10.1. The van der Waals surface area contributed by atoms with Crippen LogP contribution in [-0.4, -0.2) is 14.2 Å². The second-order valence-corrected chi connectivity index (χ2v) is 5.25. The molecule has 2 nitrogen and oxygen atoms in total. The lowest BCUT2D eigenvalue weighted by molar-refractivity contribution is 0.409. The molecule has 2 aromatic rings.